The van der Waals surface area contributed by atoms with Gasteiger partial charge in [-0.2, -0.15) is 5.10 Å². The van der Waals surface area contributed by atoms with E-state index < -0.39 is 0 Å². The monoisotopic (exact) mass is 461 g/mol. The highest BCUT2D eigenvalue weighted by Crippen LogP contribution is 2.27. The van der Waals surface area contributed by atoms with Gasteiger partial charge in [0.1, 0.15) is 12.4 Å². The van der Waals surface area contributed by atoms with Crippen LogP contribution in [0.1, 0.15) is 57.4 Å². The van der Waals surface area contributed by atoms with Crippen molar-refractivity contribution >= 4 is 23.4 Å². The number of para-hydroxylation sites is 1. The summed E-state index contributed by atoms with van der Waals surface area (Å²) in [4.78, 5) is 26.8. The number of anilines is 2. The Morgan fingerprint density at radius 2 is 1.68 bits per heavy atom. The van der Waals surface area contributed by atoms with Gasteiger partial charge >= 0.3 is 6.03 Å². The van der Waals surface area contributed by atoms with E-state index in [1.54, 1.807) is 11.7 Å². The molecule has 0 aliphatic rings. The lowest BCUT2D eigenvalue weighted by Gasteiger charge is -2.18. The summed E-state index contributed by atoms with van der Waals surface area (Å²) >= 11 is 0. The summed E-state index contributed by atoms with van der Waals surface area (Å²) < 4.78 is 1.75. The van der Waals surface area contributed by atoms with Gasteiger partial charge in [-0.15, -0.1) is 0 Å². The number of carbonyl (C=O) groups excluding carboxylic acids is 2. The Bertz CT molecular complexity index is 1160. The van der Waals surface area contributed by atoms with Crippen LogP contribution in [-0.4, -0.2) is 40.2 Å². The van der Waals surface area contributed by atoms with Crippen molar-refractivity contribution in [3.8, 4) is 5.69 Å². The van der Waals surface area contributed by atoms with Crippen LogP contribution in [0, 0.1) is 6.92 Å². The quantitative estimate of drug-likeness (QED) is 0.494. The summed E-state index contributed by atoms with van der Waals surface area (Å²) in [6.45, 7) is 12.4. The third kappa shape index (κ3) is 6.04. The molecule has 3 aromatic rings. The third-order valence-corrected chi connectivity index (χ3v) is 5.65. The molecule has 180 valence electrons. The lowest BCUT2D eigenvalue weighted by molar-refractivity contribution is -0.116. The van der Waals surface area contributed by atoms with E-state index in [0.29, 0.717) is 17.4 Å². The van der Waals surface area contributed by atoms with E-state index in [-0.39, 0.29) is 23.9 Å². The van der Waals surface area contributed by atoms with Crippen molar-refractivity contribution in [3.63, 3.8) is 0 Å². The Hall–Kier alpha value is -3.61. The van der Waals surface area contributed by atoms with Gasteiger partial charge in [-0.05, 0) is 42.2 Å². The van der Waals surface area contributed by atoms with E-state index in [2.05, 4.69) is 45.3 Å². The van der Waals surface area contributed by atoms with Gasteiger partial charge < -0.3 is 15.5 Å². The first kappa shape index (κ1) is 25.0. The van der Waals surface area contributed by atoms with E-state index in [9.17, 15) is 9.59 Å². The zero-order chi connectivity index (χ0) is 25.0. The highest BCUT2D eigenvalue weighted by molar-refractivity contribution is 5.96. The Morgan fingerprint density at radius 3 is 2.26 bits per heavy atom. The second-order valence-corrected chi connectivity index (χ2v) is 9.97. The van der Waals surface area contributed by atoms with Crippen LogP contribution < -0.4 is 10.6 Å². The lowest BCUT2D eigenvalue weighted by atomic mass is 9.92. The Morgan fingerprint density at radius 1 is 1.03 bits per heavy atom. The van der Waals surface area contributed by atoms with Gasteiger partial charge in [0, 0.05) is 24.2 Å². The van der Waals surface area contributed by atoms with E-state index >= 15 is 0 Å². The molecule has 3 rings (SSSR count). The van der Waals surface area contributed by atoms with Gasteiger partial charge in [0.2, 0.25) is 5.91 Å². The molecule has 0 saturated heterocycles. The molecule has 0 saturated carbocycles. The minimum absolute atomic E-state index is 0.0975. The van der Waals surface area contributed by atoms with Crippen LogP contribution in [0.2, 0.25) is 0 Å². The van der Waals surface area contributed by atoms with Crippen LogP contribution in [0.4, 0.5) is 16.3 Å². The van der Waals surface area contributed by atoms with E-state index in [0.717, 1.165) is 16.9 Å². The normalized spacial score (nSPS) is 11.4. The van der Waals surface area contributed by atoms with Crippen LogP contribution in [0.3, 0.4) is 0 Å². The molecular weight excluding hydrogens is 426 g/mol. The van der Waals surface area contributed by atoms with Gasteiger partial charge in [-0.1, -0.05) is 65.0 Å². The molecule has 1 aromatic heterocycles. The predicted octanol–water partition coefficient (Wildman–Crippen LogP) is 5.70. The van der Waals surface area contributed by atoms with Gasteiger partial charge in [0.05, 0.1) is 11.4 Å². The SMILES string of the molecule is Cc1ccccc1-n1nc(C(C)(C)C)cc1NC(=O)CN(C)C(=O)Nc1ccc(C(C)C)cc1. The van der Waals surface area contributed by atoms with Crippen molar-refractivity contribution in [1.82, 2.24) is 14.7 Å². The summed E-state index contributed by atoms with van der Waals surface area (Å²) in [6, 6.07) is 17.1. The van der Waals surface area contributed by atoms with Crippen molar-refractivity contribution < 1.29 is 9.59 Å². The number of carbonyl (C=O) groups is 2. The van der Waals surface area contributed by atoms with Crippen molar-refractivity contribution in [2.75, 3.05) is 24.2 Å². The van der Waals surface area contributed by atoms with Crippen LogP contribution in [0.5, 0.6) is 0 Å². The van der Waals surface area contributed by atoms with Gasteiger partial charge in [-0.25, -0.2) is 9.48 Å². The Balaban J connectivity index is 1.71. The molecule has 0 radical (unpaired) electrons. The number of likely N-dealkylation sites (N-methyl/N-ethyl adjacent to an activating group) is 1. The van der Waals surface area contributed by atoms with Crippen LogP contribution in [-0.2, 0) is 10.2 Å². The summed E-state index contributed by atoms with van der Waals surface area (Å²) in [5.41, 5.74) is 4.50. The summed E-state index contributed by atoms with van der Waals surface area (Å²) in [5.74, 6) is 0.688. The Labute approximate surface area is 202 Å². The van der Waals surface area contributed by atoms with Gasteiger partial charge in [0.25, 0.3) is 0 Å². The fraction of sp³-hybridized carbons (Fsp3) is 0.370. The molecule has 0 bridgehead atoms. The number of amides is 3. The number of hydrogen-bond acceptors (Lipinski definition) is 3. The summed E-state index contributed by atoms with van der Waals surface area (Å²) in [5, 5.41) is 10.5. The lowest BCUT2D eigenvalue weighted by Crippen LogP contribution is -2.37. The number of rotatable bonds is 6. The van der Waals surface area contributed by atoms with Crippen LogP contribution >= 0.6 is 0 Å². The number of aromatic nitrogens is 2. The minimum atomic E-state index is -0.352. The first-order valence-corrected chi connectivity index (χ1v) is 11.5. The molecule has 0 spiro atoms. The molecule has 1 heterocycles. The first-order chi connectivity index (χ1) is 16.0. The van der Waals surface area contributed by atoms with Crippen molar-refractivity contribution in [2.45, 2.75) is 52.9 Å². The van der Waals surface area contributed by atoms with Gasteiger partial charge in [-0.3, -0.25) is 4.79 Å². The van der Waals surface area contributed by atoms with Crippen LogP contribution in [0.25, 0.3) is 5.69 Å². The number of urea groups is 1. The zero-order valence-corrected chi connectivity index (χ0v) is 21.1. The molecule has 2 aromatic carbocycles. The molecule has 2 N–H and O–H groups in total. The van der Waals surface area contributed by atoms with Crippen LogP contribution in [0.15, 0.2) is 54.6 Å². The van der Waals surface area contributed by atoms with Crippen molar-refractivity contribution in [3.05, 3.63) is 71.4 Å². The standard InChI is InChI=1S/C27H35N5O2/c1-18(2)20-12-14-21(15-13-20)28-26(34)31(7)17-25(33)29-24-16-23(27(4,5)6)30-32(24)22-11-9-8-10-19(22)3/h8-16,18H,17H2,1-7H3,(H,28,34)(H,29,33). The van der Waals surface area contributed by atoms with Gasteiger partial charge in [0.15, 0.2) is 0 Å². The maximum atomic E-state index is 12.9. The summed E-state index contributed by atoms with van der Waals surface area (Å²) in [6.07, 6.45) is 0. The van der Waals surface area contributed by atoms with E-state index in [1.807, 2.05) is 61.5 Å². The molecule has 7 heteroatoms. The fourth-order valence-corrected chi connectivity index (χ4v) is 3.46. The number of benzene rings is 2. The zero-order valence-electron chi connectivity index (χ0n) is 21.1. The topological polar surface area (TPSA) is 79.3 Å². The Kier molecular flexibility index (Phi) is 7.44. The van der Waals surface area contributed by atoms with Crippen molar-refractivity contribution in [1.29, 1.82) is 0 Å². The maximum Gasteiger partial charge on any atom is 0.322 e. The van der Waals surface area contributed by atoms with E-state index in [1.165, 1.54) is 10.5 Å². The minimum Gasteiger partial charge on any atom is -0.318 e. The number of hydrogen-bond donors (Lipinski definition) is 2. The molecule has 34 heavy (non-hydrogen) atoms. The average Bonchev–Trinajstić information content (AvgIpc) is 3.18. The highest BCUT2D eigenvalue weighted by atomic mass is 16.2. The molecule has 7 nitrogen and oxygen atoms in total. The second kappa shape index (κ2) is 10.1. The average molecular weight is 462 g/mol. The van der Waals surface area contributed by atoms with Crippen molar-refractivity contribution in [2.24, 2.45) is 0 Å². The van der Waals surface area contributed by atoms with E-state index in [4.69, 9.17) is 5.10 Å². The number of nitrogens with zero attached hydrogens (tertiary/aromatic N) is 3. The fourth-order valence-electron chi connectivity index (χ4n) is 3.46. The molecule has 0 unspecified atom stereocenters. The molecule has 0 fully saturated rings. The first-order valence-electron chi connectivity index (χ1n) is 11.5. The number of nitrogens with one attached hydrogen (secondary N) is 2. The second-order valence-electron chi connectivity index (χ2n) is 9.97. The maximum absolute atomic E-state index is 12.9. The summed E-state index contributed by atoms with van der Waals surface area (Å²) in [7, 11) is 1.59. The third-order valence-electron chi connectivity index (χ3n) is 5.65. The molecular formula is C27H35N5O2. The predicted molar refractivity (Wildman–Crippen MR) is 138 cm³/mol. The smallest absolute Gasteiger partial charge is 0.318 e. The number of aryl methyl sites for hydroxylation is 1. The largest absolute Gasteiger partial charge is 0.322 e. The molecule has 0 aliphatic heterocycles. The highest BCUT2D eigenvalue weighted by Gasteiger charge is 2.23. The molecule has 3 amide bonds. The molecule has 0 aliphatic carbocycles. The molecule has 0 atom stereocenters.